The van der Waals surface area contributed by atoms with Gasteiger partial charge < -0.3 is 11.1 Å². The Kier molecular flexibility index (Phi) is 4.08. The standard InChI is InChI=1S/C15H25N3S/c16-14-18-13(11-19-14)10-15(6-8-17-9-7-15)12-4-2-1-3-5-12/h11-12,17H,1-10H2,(H2,16,18). The van der Waals surface area contributed by atoms with Crippen LogP contribution in [-0.2, 0) is 6.42 Å². The third-order valence-electron chi connectivity index (χ3n) is 5.17. The largest absolute Gasteiger partial charge is 0.375 e. The molecule has 0 aromatic carbocycles. The highest BCUT2D eigenvalue weighted by Gasteiger charge is 2.40. The van der Waals surface area contributed by atoms with Gasteiger partial charge in [0.2, 0.25) is 0 Å². The minimum atomic E-state index is 0.492. The predicted molar refractivity (Wildman–Crippen MR) is 81.3 cm³/mol. The molecule has 2 fully saturated rings. The van der Waals surface area contributed by atoms with Crippen LogP contribution in [0.15, 0.2) is 5.38 Å². The molecule has 1 aromatic heterocycles. The van der Waals surface area contributed by atoms with Crippen molar-refractivity contribution in [1.29, 1.82) is 0 Å². The monoisotopic (exact) mass is 279 g/mol. The number of piperidine rings is 1. The molecule has 0 radical (unpaired) electrons. The van der Waals surface area contributed by atoms with E-state index in [0.29, 0.717) is 5.41 Å². The van der Waals surface area contributed by atoms with Crippen molar-refractivity contribution < 1.29 is 0 Å². The van der Waals surface area contributed by atoms with Crippen molar-refractivity contribution in [3.05, 3.63) is 11.1 Å². The molecule has 0 atom stereocenters. The lowest BCUT2D eigenvalue weighted by molar-refractivity contribution is 0.0740. The van der Waals surface area contributed by atoms with Crippen molar-refractivity contribution in [1.82, 2.24) is 10.3 Å². The van der Waals surface area contributed by atoms with E-state index in [0.717, 1.165) is 17.5 Å². The Hall–Kier alpha value is -0.610. The summed E-state index contributed by atoms with van der Waals surface area (Å²) >= 11 is 1.59. The lowest BCUT2D eigenvalue weighted by atomic mass is 9.62. The Morgan fingerprint density at radius 3 is 2.63 bits per heavy atom. The third-order valence-corrected chi connectivity index (χ3v) is 5.90. The second-order valence-corrected chi connectivity index (χ2v) is 7.19. The summed E-state index contributed by atoms with van der Waals surface area (Å²) in [6, 6.07) is 0. The number of nitrogen functional groups attached to an aromatic ring is 1. The molecule has 2 aliphatic rings. The topological polar surface area (TPSA) is 50.9 Å². The van der Waals surface area contributed by atoms with Gasteiger partial charge in [0.05, 0.1) is 5.69 Å². The molecule has 2 heterocycles. The Morgan fingerprint density at radius 1 is 1.26 bits per heavy atom. The molecule has 4 heteroatoms. The van der Waals surface area contributed by atoms with Gasteiger partial charge in [-0.15, -0.1) is 11.3 Å². The van der Waals surface area contributed by atoms with Gasteiger partial charge in [0.1, 0.15) is 0 Å². The van der Waals surface area contributed by atoms with Gasteiger partial charge in [0.15, 0.2) is 5.13 Å². The third kappa shape index (κ3) is 2.95. The molecule has 0 spiro atoms. The van der Waals surface area contributed by atoms with Crippen molar-refractivity contribution in [2.45, 2.75) is 51.4 Å². The van der Waals surface area contributed by atoms with Gasteiger partial charge >= 0.3 is 0 Å². The molecule has 1 aliphatic carbocycles. The maximum atomic E-state index is 5.80. The van der Waals surface area contributed by atoms with E-state index >= 15 is 0 Å². The molecule has 0 amide bonds. The van der Waals surface area contributed by atoms with Gasteiger partial charge in [0.25, 0.3) is 0 Å². The summed E-state index contributed by atoms with van der Waals surface area (Å²) in [5.41, 5.74) is 7.52. The van der Waals surface area contributed by atoms with Crippen LogP contribution in [0.3, 0.4) is 0 Å². The Balaban J connectivity index is 1.78. The lowest BCUT2D eigenvalue weighted by Crippen LogP contribution is -2.44. The van der Waals surface area contributed by atoms with Crippen LogP contribution in [0.5, 0.6) is 0 Å². The average molecular weight is 279 g/mol. The molecular weight excluding hydrogens is 254 g/mol. The molecule has 1 saturated heterocycles. The Bertz CT molecular complexity index is 403. The highest BCUT2D eigenvalue weighted by molar-refractivity contribution is 7.13. The van der Waals surface area contributed by atoms with Crippen LogP contribution in [-0.4, -0.2) is 18.1 Å². The number of rotatable bonds is 3. The van der Waals surface area contributed by atoms with Gasteiger partial charge in [0, 0.05) is 5.38 Å². The zero-order chi connectivity index (χ0) is 13.1. The summed E-state index contributed by atoms with van der Waals surface area (Å²) in [7, 11) is 0. The summed E-state index contributed by atoms with van der Waals surface area (Å²) in [5.74, 6) is 0.909. The number of nitrogens with two attached hydrogens (primary N) is 1. The van der Waals surface area contributed by atoms with Crippen molar-refractivity contribution in [3.63, 3.8) is 0 Å². The highest BCUT2D eigenvalue weighted by atomic mass is 32.1. The van der Waals surface area contributed by atoms with E-state index in [9.17, 15) is 0 Å². The van der Waals surface area contributed by atoms with E-state index < -0.39 is 0 Å². The number of thiazole rings is 1. The number of nitrogens with one attached hydrogen (secondary N) is 1. The smallest absolute Gasteiger partial charge is 0.180 e. The zero-order valence-electron chi connectivity index (χ0n) is 11.7. The van der Waals surface area contributed by atoms with E-state index in [2.05, 4.69) is 15.7 Å². The van der Waals surface area contributed by atoms with E-state index in [-0.39, 0.29) is 0 Å². The lowest BCUT2D eigenvalue weighted by Gasteiger charge is -2.45. The maximum Gasteiger partial charge on any atom is 0.180 e. The molecule has 3 nitrogen and oxygen atoms in total. The minimum absolute atomic E-state index is 0.492. The minimum Gasteiger partial charge on any atom is -0.375 e. The summed E-state index contributed by atoms with van der Waals surface area (Å²) in [4.78, 5) is 4.52. The zero-order valence-corrected chi connectivity index (χ0v) is 12.5. The molecule has 106 valence electrons. The summed E-state index contributed by atoms with van der Waals surface area (Å²) < 4.78 is 0. The normalized spacial score (nSPS) is 24.4. The molecular formula is C15H25N3S. The summed E-state index contributed by atoms with van der Waals surface area (Å²) in [6.07, 6.45) is 10.9. The van der Waals surface area contributed by atoms with Crippen LogP contribution in [0.25, 0.3) is 0 Å². The number of nitrogens with zero attached hydrogens (tertiary/aromatic N) is 1. The highest BCUT2D eigenvalue weighted by Crippen LogP contribution is 2.46. The van der Waals surface area contributed by atoms with E-state index in [1.807, 2.05) is 0 Å². The second-order valence-electron chi connectivity index (χ2n) is 6.30. The maximum absolute atomic E-state index is 5.80. The quantitative estimate of drug-likeness (QED) is 0.893. The molecule has 3 N–H and O–H groups in total. The first-order chi connectivity index (χ1) is 9.28. The SMILES string of the molecule is Nc1nc(CC2(C3CCCCC3)CCNCC2)cs1. The summed E-state index contributed by atoms with van der Waals surface area (Å²) in [5, 5.41) is 6.42. The van der Waals surface area contributed by atoms with Gasteiger partial charge in [-0.1, -0.05) is 19.3 Å². The molecule has 19 heavy (non-hydrogen) atoms. The van der Waals surface area contributed by atoms with Crippen molar-refractivity contribution in [2.24, 2.45) is 11.3 Å². The molecule has 1 saturated carbocycles. The van der Waals surface area contributed by atoms with Gasteiger partial charge in [-0.25, -0.2) is 4.98 Å². The van der Waals surface area contributed by atoms with Crippen molar-refractivity contribution >= 4 is 16.5 Å². The second kappa shape index (κ2) is 5.80. The van der Waals surface area contributed by atoms with Crippen molar-refractivity contribution in [2.75, 3.05) is 18.8 Å². The van der Waals surface area contributed by atoms with Gasteiger partial charge in [-0.3, -0.25) is 0 Å². The van der Waals surface area contributed by atoms with E-state index in [1.165, 1.54) is 63.7 Å². The fourth-order valence-electron chi connectivity index (χ4n) is 4.13. The van der Waals surface area contributed by atoms with Crippen LogP contribution in [0, 0.1) is 11.3 Å². The first-order valence-electron chi connectivity index (χ1n) is 7.69. The van der Waals surface area contributed by atoms with Crippen LogP contribution in [0.4, 0.5) is 5.13 Å². The molecule has 1 aromatic rings. The number of hydrogen-bond acceptors (Lipinski definition) is 4. The van der Waals surface area contributed by atoms with E-state index in [1.54, 1.807) is 11.3 Å². The fourth-order valence-corrected chi connectivity index (χ4v) is 4.70. The van der Waals surface area contributed by atoms with E-state index in [4.69, 9.17) is 5.73 Å². The number of aromatic nitrogens is 1. The predicted octanol–water partition coefficient (Wildman–Crippen LogP) is 3.22. The molecule has 1 aliphatic heterocycles. The average Bonchev–Trinajstić information content (AvgIpc) is 2.86. The van der Waals surface area contributed by atoms with Crippen LogP contribution in [0.2, 0.25) is 0 Å². The first-order valence-corrected chi connectivity index (χ1v) is 8.57. The molecule has 0 bridgehead atoms. The number of anilines is 1. The number of hydrogen-bond donors (Lipinski definition) is 2. The van der Waals surface area contributed by atoms with Crippen LogP contribution < -0.4 is 11.1 Å². The van der Waals surface area contributed by atoms with Crippen molar-refractivity contribution in [3.8, 4) is 0 Å². The van der Waals surface area contributed by atoms with Crippen LogP contribution in [0.1, 0.15) is 50.6 Å². The summed E-state index contributed by atoms with van der Waals surface area (Å²) in [6.45, 7) is 2.35. The molecule has 3 rings (SSSR count). The van der Waals surface area contributed by atoms with Gasteiger partial charge in [-0.05, 0) is 56.5 Å². The Labute approximate surface area is 120 Å². The Morgan fingerprint density at radius 2 is 2.00 bits per heavy atom. The van der Waals surface area contributed by atoms with Crippen LogP contribution >= 0.6 is 11.3 Å². The molecule has 0 unspecified atom stereocenters. The van der Waals surface area contributed by atoms with Gasteiger partial charge in [-0.2, -0.15) is 0 Å². The first kappa shape index (κ1) is 13.4. The fraction of sp³-hybridized carbons (Fsp3) is 0.800.